The maximum absolute atomic E-state index is 11.5. The van der Waals surface area contributed by atoms with Gasteiger partial charge in [0.05, 0.1) is 11.5 Å². The van der Waals surface area contributed by atoms with E-state index in [-0.39, 0.29) is 23.4 Å². The number of nitrogens with zero attached hydrogens (tertiary/aromatic N) is 1. The number of carbonyl (C=O) groups excluding carboxylic acids is 1. The van der Waals surface area contributed by atoms with Crippen molar-refractivity contribution in [1.29, 1.82) is 0 Å². The lowest BCUT2D eigenvalue weighted by atomic mass is 9.87. The van der Waals surface area contributed by atoms with E-state index in [1.54, 1.807) is 13.0 Å². The lowest BCUT2D eigenvalue weighted by Gasteiger charge is -2.19. The van der Waals surface area contributed by atoms with Gasteiger partial charge in [-0.15, -0.1) is 0 Å². The van der Waals surface area contributed by atoms with E-state index in [9.17, 15) is 14.9 Å². The number of anilines is 2. The minimum absolute atomic E-state index is 0.0842. The first-order valence-corrected chi connectivity index (χ1v) is 8.76. The van der Waals surface area contributed by atoms with Gasteiger partial charge >= 0.3 is 6.09 Å². The quantitative estimate of drug-likeness (QED) is 0.546. The Morgan fingerprint density at radius 2 is 1.81 bits per heavy atom. The highest BCUT2D eigenvalue weighted by Gasteiger charge is 2.17. The van der Waals surface area contributed by atoms with Crippen molar-refractivity contribution in [2.45, 2.75) is 39.7 Å². The van der Waals surface area contributed by atoms with Gasteiger partial charge in [0.25, 0.3) is 5.69 Å². The number of carbonyl (C=O) groups is 1. The average Bonchev–Trinajstić information content (AvgIpc) is 2.60. The molecule has 0 spiro atoms. The third-order valence-corrected chi connectivity index (χ3v) is 4.02. The Balaban J connectivity index is 2.09. The number of amides is 1. The van der Waals surface area contributed by atoms with E-state index in [0.29, 0.717) is 6.54 Å². The third-order valence-electron chi connectivity index (χ3n) is 4.02. The molecule has 7 nitrogen and oxygen atoms in total. The molecule has 7 heteroatoms. The van der Waals surface area contributed by atoms with Gasteiger partial charge in [0, 0.05) is 18.3 Å². The van der Waals surface area contributed by atoms with Crippen LogP contribution in [-0.2, 0) is 16.7 Å². The molecule has 1 amide bonds. The van der Waals surface area contributed by atoms with Crippen LogP contribution in [0.4, 0.5) is 21.9 Å². The Labute approximate surface area is 158 Å². The van der Waals surface area contributed by atoms with Crippen molar-refractivity contribution in [3.05, 3.63) is 63.7 Å². The molecule has 144 valence electrons. The van der Waals surface area contributed by atoms with Gasteiger partial charge in [-0.3, -0.25) is 15.4 Å². The molecule has 0 heterocycles. The summed E-state index contributed by atoms with van der Waals surface area (Å²) < 4.78 is 4.76. The zero-order valence-corrected chi connectivity index (χ0v) is 16.0. The number of nitro benzene ring substituents is 1. The molecule has 0 saturated heterocycles. The fourth-order valence-electron chi connectivity index (χ4n) is 2.51. The first kappa shape index (κ1) is 20.2. The van der Waals surface area contributed by atoms with Crippen molar-refractivity contribution in [2.75, 3.05) is 17.2 Å². The van der Waals surface area contributed by atoms with E-state index in [2.05, 4.69) is 43.5 Å². The molecule has 0 aliphatic carbocycles. The molecule has 0 radical (unpaired) electrons. The summed E-state index contributed by atoms with van der Waals surface area (Å²) in [5.41, 5.74) is 2.91. The highest BCUT2D eigenvalue weighted by atomic mass is 16.6. The fourth-order valence-corrected chi connectivity index (χ4v) is 2.51. The largest absolute Gasteiger partial charge is 0.450 e. The van der Waals surface area contributed by atoms with Crippen LogP contribution in [0.25, 0.3) is 0 Å². The lowest BCUT2D eigenvalue weighted by Crippen LogP contribution is -2.14. The molecule has 0 aliphatic heterocycles. The highest BCUT2D eigenvalue weighted by molar-refractivity contribution is 5.87. The molecule has 0 aromatic heterocycles. The summed E-state index contributed by atoms with van der Waals surface area (Å²) in [4.78, 5) is 22.3. The maximum atomic E-state index is 11.5. The summed E-state index contributed by atoms with van der Waals surface area (Å²) >= 11 is 0. The second kappa shape index (κ2) is 8.53. The summed E-state index contributed by atoms with van der Waals surface area (Å²) in [6, 6.07) is 12.8. The zero-order valence-electron chi connectivity index (χ0n) is 16.0. The summed E-state index contributed by atoms with van der Waals surface area (Å²) in [5.74, 6) is 0. The van der Waals surface area contributed by atoms with Gasteiger partial charge in [0.15, 0.2) is 0 Å². The van der Waals surface area contributed by atoms with Crippen molar-refractivity contribution in [2.24, 2.45) is 0 Å². The average molecular weight is 371 g/mol. The molecule has 0 aliphatic rings. The van der Waals surface area contributed by atoms with E-state index < -0.39 is 11.0 Å². The van der Waals surface area contributed by atoms with E-state index >= 15 is 0 Å². The van der Waals surface area contributed by atoms with E-state index in [1.165, 1.54) is 17.7 Å². The van der Waals surface area contributed by atoms with Crippen LogP contribution < -0.4 is 10.6 Å². The Morgan fingerprint density at radius 1 is 1.15 bits per heavy atom. The Kier molecular flexibility index (Phi) is 6.39. The zero-order chi connectivity index (χ0) is 20.0. The molecule has 2 N–H and O–H groups in total. The van der Waals surface area contributed by atoms with Crippen LogP contribution in [0.1, 0.15) is 38.8 Å². The molecular weight excluding hydrogens is 346 g/mol. The van der Waals surface area contributed by atoms with Gasteiger partial charge in [-0.05, 0) is 41.7 Å². The predicted octanol–water partition coefficient (Wildman–Crippen LogP) is 5.07. The smallest absolute Gasteiger partial charge is 0.411 e. The number of nitrogens with one attached hydrogen (secondary N) is 2. The minimum atomic E-state index is -0.717. The standard InChI is InChI=1S/C20H25N3O4/c1-5-27-19(24)22-17-11-6-14(12-18(17)23(25)26)13-21-16-9-7-15(8-10-16)20(2,3)4/h6-12,21H,5,13H2,1-4H3,(H,22,24). The van der Waals surface area contributed by atoms with Crippen LogP contribution in [0.2, 0.25) is 0 Å². The molecule has 27 heavy (non-hydrogen) atoms. The second-order valence-electron chi connectivity index (χ2n) is 7.13. The topological polar surface area (TPSA) is 93.5 Å². The molecule has 0 fully saturated rings. The van der Waals surface area contributed by atoms with Crippen molar-refractivity contribution in [3.63, 3.8) is 0 Å². The maximum Gasteiger partial charge on any atom is 0.411 e. The molecule has 2 aromatic rings. The van der Waals surface area contributed by atoms with Gasteiger partial charge in [-0.1, -0.05) is 39.0 Å². The van der Waals surface area contributed by atoms with Crippen molar-refractivity contribution >= 4 is 23.2 Å². The summed E-state index contributed by atoms with van der Waals surface area (Å²) in [5, 5.41) is 17.0. The number of hydrogen-bond donors (Lipinski definition) is 2. The minimum Gasteiger partial charge on any atom is -0.450 e. The van der Waals surface area contributed by atoms with Gasteiger partial charge < -0.3 is 10.1 Å². The molecule has 0 saturated carbocycles. The molecule has 0 atom stereocenters. The number of benzene rings is 2. The van der Waals surface area contributed by atoms with E-state index in [1.807, 2.05) is 12.1 Å². The first-order chi connectivity index (χ1) is 12.7. The monoisotopic (exact) mass is 371 g/mol. The Bertz CT molecular complexity index is 811. The number of ether oxygens (including phenoxy) is 1. The molecule has 2 aromatic carbocycles. The number of rotatable bonds is 6. The van der Waals surface area contributed by atoms with E-state index in [0.717, 1.165) is 11.3 Å². The van der Waals surface area contributed by atoms with Crippen molar-refractivity contribution in [1.82, 2.24) is 0 Å². The number of nitro groups is 1. The van der Waals surface area contributed by atoms with Gasteiger partial charge in [-0.25, -0.2) is 4.79 Å². The SMILES string of the molecule is CCOC(=O)Nc1ccc(CNc2ccc(C(C)(C)C)cc2)cc1[N+](=O)[O-]. The van der Waals surface area contributed by atoms with Crippen LogP contribution in [0.5, 0.6) is 0 Å². The lowest BCUT2D eigenvalue weighted by molar-refractivity contribution is -0.384. The summed E-state index contributed by atoms with van der Waals surface area (Å²) in [6.45, 7) is 8.74. The normalized spacial score (nSPS) is 11.0. The van der Waals surface area contributed by atoms with E-state index in [4.69, 9.17) is 4.74 Å². The highest BCUT2D eigenvalue weighted by Crippen LogP contribution is 2.27. The molecule has 2 rings (SSSR count). The van der Waals surface area contributed by atoms with Crippen molar-refractivity contribution < 1.29 is 14.5 Å². The van der Waals surface area contributed by atoms with Gasteiger partial charge in [0.2, 0.25) is 0 Å². The predicted molar refractivity (Wildman–Crippen MR) is 106 cm³/mol. The fraction of sp³-hybridized carbons (Fsp3) is 0.350. The summed E-state index contributed by atoms with van der Waals surface area (Å²) in [7, 11) is 0. The van der Waals surface area contributed by atoms with Crippen LogP contribution in [0, 0.1) is 10.1 Å². The van der Waals surface area contributed by atoms with Crippen LogP contribution >= 0.6 is 0 Å². The third kappa shape index (κ3) is 5.70. The Morgan fingerprint density at radius 3 is 2.37 bits per heavy atom. The molecule has 0 unspecified atom stereocenters. The van der Waals surface area contributed by atoms with Crippen LogP contribution in [0.15, 0.2) is 42.5 Å². The van der Waals surface area contributed by atoms with Crippen LogP contribution in [-0.4, -0.2) is 17.6 Å². The van der Waals surface area contributed by atoms with Gasteiger partial charge in [-0.2, -0.15) is 0 Å². The van der Waals surface area contributed by atoms with Gasteiger partial charge in [0.1, 0.15) is 5.69 Å². The van der Waals surface area contributed by atoms with Crippen molar-refractivity contribution in [3.8, 4) is 0 Å². The number of hydrogen-bond acceptors (Lipinski definition) is 5. The van der Waals surface area contributed by atoms with Crippen LogP contribution in [0.3, 0.4) is 0 Å². The summed E-state index contributed by atoms with van der Waals surface area (Å²) in [6.07, 6.45) is -0.717. The second-order valence-corrected chi connectivity index (χ2v) is 7.13. The first-order valence-electron chi connectivity index (χ1n) is 8.76. The molecular formula is C20H25N3O4. The molecule has 0 bridgehead atoms. The Hall–Kier alpha value is -3.09.